The van der Waals surface area contributed by atoms with Gasteiger partial charge in [-0.2, -0.15) is 21.0 Å². The molecule has 0 spiro atoms. The first-order valence-corrected chi connectivity index (χ1v) is 3.56. The Morgan fingerprint density at radius 2 is 0.923 bits per heavy atom. The smallest absolute Gasteiger partial charge is 0.158 e. The first-order valence-electron chi connectivity index (χ1n) is 3.56. The molecule has 4 nitrogen and oxygen atoms in total. The third kappa shape index (κ3) is 6.11. The van der Waals surface area contributed by atoms with Crippen LogP contribution in [0.4, 0.5) is 0 Å². The van der Waals surface area contributed by atoms with Crippen molar-refractivity contribution in [3.8, 4) is 24.3 Å². The minimum Gasteiger partial charge on any atom is -0.192 e. The topological polar surface area (TPSA) is 95.2 Å². The first kappa shape index (κ1) is 13.3. The summed E-state index contributed by atoms with van der Waals surface area (Å²) in [5.41, 5.74) is -0.880. The minimum absolute atomic E-state index is 0.440. The summed E-state index contributed by atoms with van der Waals surface area (Å²) in [4.78, 5) is 0. The summed E-state index contributed by atoms with van der Waals surface area (Å²) in [5.74, 6) is 0. The van der Waals surface area contributed by atoms with E-state index in [2.05, 4.69) is 13.8 Å². The van der Waals surface area contributed by atoms with Gasteiger partial charge in [0.25, 0.3) is 0 Å². The van der Waals surface area contributed by atoms with Crippen LogP contribution in [0.2, 0.25) is 0 Å². The van der Waals surface area contributed by atoms with Crippen LogP contribution in [0.15, 0.2) is 11.1 Å². The third-order valence-electron chi connectivity index (χ3n) is 0.697. The number of nitriles is 4. The van der Waals surface area contributed by atoms with E-state index >= 15 is 0 Å². The van der Waals surface area contributed by atoms with Crippen LogP contribution in [0.5, 0.6) is 0 Å². The van der Waals surface area contributed by atoms with Crippen LogP contribution < -0.4 is 0 Å². The molecule has 0 saturated heterocycles. The van der Waals surface area contributed by atoms with Crippen molar-refractivity contribution in [1.82, 2.24) is 0 Å². The van der Waals surface area contributed by atoms with Gasteiger partial charge in [0.15, 0.2) is 11.1 Å². The van der Waals surface area contributed by atoms with E-state index < -0.39 is 11.1 Å². The molecule has 0 N–H and O–H groups in total. The van der Waals surface area contributed by atoms with Gasteiger partial charge in [0, 0.05) is 0 Å². The molecular weight excluding hydrogens is 164 g/mol. The number of nitrogens with zero attached hydrogens (tertiary/aromatic N) is 4. The molecule has 0 rings (SSSR count). The zero-order valence-corrected chi connectivity index (χ0v) is 7.50. The van der Waals surface area contributed by atoms with Gasteiger partial charge in [-0.15, -0.1) is 0 Å². The van der Waals surface area contributed by atoms with E-state index in [0.717, 1.165) is 0 Å². The molecule has 0 unspecified atom stereocenters. The molecule has 64 valence electrons. The van der Waals surface area contributed by atoms with Gasteiger partial charge < -0.3 is 0 Å². The van der Waals surface area contributed by atoms with Crippen LogP contribution in [0.3, 0.4) is 0 Å². The fourth-order valence-electron chi connectivity index (χ4n) is 0.274. The molecule has 0 heterocycles. The Balaban J connectivity index is 0. The van der Waals surface area contributed by atoms with Crippen LogP contribution >= 0.6 is 0 Å². The van der Waals surface area contributed by atoms with E-state index in [-0.39, 0.29) is 0 Å². The second-order valence-corrected chi connectivity index (χ2v) is 1.90. The maximum atomic E-state index is 8.13. The lowest BCUT2D eigenvalue weighted by molar-refractivity contribution is 1.09. The summed E-state index contributed by atoms with van der Waals surface area (Å²) in [7, 11) is 0. The predicted molar refractivity (Wildman–Crippen MR) is 45.4 cm³/mol. The average Bonchev–Trinajstić information content (AvgIpc) is 2.15. The van der Waals surface area contributed by atoms with E-state index in [1.54, 1.807) is 0 Å². The van der Waals surface area contributed by atoms with E-state index in [4.69, 9.17) is 21.0 Å². The van der Waals surface area contributed by atoms with E-state index in [0.29, 0.717) is 0 Å². The zero-order chi connectivity index (χ0) is 10.7. The number of rotatable bonds is 0. The Bertz CT molecular complexity index is 272. The van der Waals surface area contributed by atoms with Gasteiger partial charge in [0.1, 0.15) is 24.3 Å². The number of hydrogen-bond acceptors (Lipinski definition) is 4. The average molecular weight is 172 g/mol. The van der Waals surface area contributed by atoms with Gasteiger partial charge in [-0.1, -0.05) is 20.3 Å². The Kier molecular flexibility index (Phi) is 9.92. The number of hydrogen-bond donors (Lipinski definition) is 0. The predicted octanol–water partition coefficient (Wildman–Crippen LogP) is 1.79. The van der Waals surface area contributed by atoms with Crippen molar-refractivity contribution in [2.75, 3.05) is 0 Å². The van der Waals surface area contributed by atoms with Crippen molar-refractivity contribution >= 4 is 0 Å². The zero-order valence-electron chi connectivity index (χ0n) is 7.50. The molecule has 0 aliphatic carbocycles. The molecule has 0 saturated carbocycles. The molecule has 4 heteroatoms. The molecule has 0 bridgehead atoms. The molecule has 0 aromatic heterocycles. The SMILES string of the molecule is CCC.N#CC(C#N)=C(C#N)C#N. The summed E-state index contributed by atoms with van der Waals surface area (Å²) in [6.45, 7) is 4.25. The van der Waals surface area contributed by atoms with Crippen molar-refractivity contribution in [2.24, 2.45) is 0 Å². The Morgan fingerprint density at radius 1 is 0.769 bits per heavy atom. The maximum absolute atomic E-state index is 8.13. The molecule has 0 fully saturated rings. The van der Waals surface area contributed by atoms with Crippen LogP contribution in [0.25, 0.3) is 0 Å². The monoisotopic (exact) mass is 172 g/mol. The summed E-state index contributed by atoms with van der Waals surface area (Å²) < 4.78 is 0. The Hall–Kier alpha value is -2.30. The van der Waals surface area contributed by atoms with Crippen molar-refractivity contribution in [2.45, 2.75) is 20.3 Å². The summed E-state index contributed by atoms with van der Waals surface area (Å²) >= 11 is 0. The van der Waals surface area contributed by atoms with Crippen LogP contribution in [-0.4, -0.2) is 0 Å². The van der Waals surface area contributed by atoms with Gasteiger partial charge in [-0.05, 0) is 0 Å². The summed E-state index contributed by atoms with van der Waals surface area (Å²) in [5, 5.41) is 32.5. The summed E-state index contributed by atoms with van der Waals surface area (Å²) in [6.07, 6.45) is 1.25. The lowest BCUT2D eigenvalue weighted by atomic mass is 10.2. The highest BCUT2D eigenvalue weighted by Crippen LogP contribution is 1.98. The largest absolute Gasteiger partial charge is 0.192 e. The normalized spacial score (nSPS) is 5.69. The van der Waals surface area contributed by atoms with Crippen molar-refractivity contribution in [3.63, 3.8) is 0 Å². The molecule has 0 aromatic carbocycles. The first-order chi connectivity index (χ1) is 6.21. The Morgan fingerprint density at radius 3 is 1.00 bits per heavy atom. The Labute approximate surface area is 77.5 Å². The van der Waals surface area contributed by atoms with E-state index in [1.165, 1.54) is 30.7 Å². The molecule has 0 amide bonds. The second-order valence-electron chi connectivity index (χ2n) is 1.90. The molecule has 0 radical (unpaired) electrons. The summed E-state index contributed by atoms with van der Waals surface area (Å²) in [6, 6.07) is 5.71. The molecule has 0 aliphatic heterocycles. The van der Waals surface area contributed by atoms with Crippen molar-refractivity contribution < 1.29 is 0 Å². The highest BCUT2D eigenvalue weighted by atomic mass is 14.3. The van der Waals surface area contributed by atoms with Gasteiger partial charge in [-0.25, -0.2) is 0 Å². The molecule has 0 aromatic rings. The van der Waals surface area contributed by atoms with E-state index in [1.807, 2.05) is 0 Å². The van der Waals surface area contributed by atoms with Crippen LogP contribution in [-0.2, 0) is 0 Å². The molecule has 0 aliphatic rings. The highest BCUT2D eigenvalue weighted by molar-refractivity contribution is 5.52. The van der Waals surface area contributed by atoms with Crippen molar-refractivity contribution in [3.05, 3.63) is 11.1 Å². The second kappa shape index (κ2) is 9.70. The molecule has 0 atom stereocenters. The van der Waals surface area contributed by atoms with Gasteiger partial charge >= 0.3 is 0 Å². The van der Waals surface area contributed by atoms with Gasteiger partial charge in [-0.3, -0.25) is 0 Å². The van der Waals surface area contributed by atoms with Crippen LogP contribution in [0.1, 0.15) is 20.3 Å². The quantitative estimate of drug-likeness (QED) is 0.520. The number of allylic oxidation sites excluding steroid dienone is 2. The maximum Gasteiger partial charge on any atom is 0.158 e. The fraction of sp³-hybridized carbons (Fsp3) is 0.333. The lowest BCUT2D eigenvalue weighted by Gasteiger charge is -1.76. The molecular formula is C9H8N4. The lowest BCUT2D eigenvalue weighted by Crippen LogP contribution is -1.79. The van der Waals surface area contributed by atoms with Gasteiger partial charge in [0.05, 0.1) is 0 Å². The van der Waals surface area contributed by atoms with Gasteiger partial charge in [0.2, 0.25) is 0 Å². The third-order valence-corrected chi connectivity index (χ3v) is 0.697. The van der Waals surface area contributed by atoms with Crippen LogP contribution in [0, 0.1) is 45.3 Å². The fourth-order valence-corrected chi connectivity index (χ4v) is 0.274. The standard InChI is InChI=1S/C6N4.C3H8/c7-1-5(2-8)6(3-9)4-10;1-3-2/h;3H2,1-2H3. The van der Waals surface area contributed by atoms with E-state index in [9.17, 15) is 0 Å². The minimum atomic E-state index is -0.440. The highest BCUT2D eigenvalue weighted by Gasteiger charge is 2.01. The van der Waals surface area contributed by atoms with Crippen molar-refractivity contribution in [1.29, 1.82) is 21.0 Å². The molecule has 13 heavy (non-hydrogen) atoms.